The van der Waals surface area contributed by atoms with Gasteiger partial charge in [0, 0.05) is 19.5 Å². The molecule has 118 valence electrons. The summed E-state index contributed by atoms with van der Waals surface area (Å²) < 4.78 is 64.4. The molecule has 0 saturated carbocycles. The van der Waals surface area contributed by atoms with Crippen molar-refractivity contribution < 1.29 is 21.6 Å². The monoisotopic (exact) mass is 323 g/mol. The zero-order chi connectivity index (χ0) is 16.3. The highest BCUT2D eigenvalue weighted by Crippen LogP contribution is 2.35. The van der Waals surface area contributed by atoms with Crippen LogP contribution in [0.2, 0.25) is 0 Å². The van der Waals surface area contributed by atoms with Gasteiger partial charge in [-0.05, 0) is 12.1 Å². The number of nitrogens with one attached hydrogen (secondary N) is 1. The minimum atomic E-state index is -4.76. The van der Waals surface area contributed by atoms with Crippen molar-refractivity contribution in [1.29, 1.82) is 5.41 Å². The van der Waals surface area contributed by atoms with E-state index in [1.54, 1.807) is 0 Å². The molecule has 1 rings (SSSR count). The number of alkyl halides is 3. The van der Waals surface area contributed by atoms with Crippen molar-refractivity contribution in [2.45, 2.75) is 24.4 Å². The number of halogens is 3. The molecule has 5 nitrogen and oxygen atoms in total. The molecule has 9 heteroatoms. The summed E-state index contributed by atoms with van der Waals surface area (Å²) in [7, 11) is -4.30. The van der Waals surface area contributed by atoms with Gasteiger partial charge in [-0.1, -0.05) is 19.1 Å². The van der Waals surface area contributed by atoms with Gasteiger partial charge >= 0.3 is 6.18 Å². The van der Waals surface area contributed by atoms with Gasteiger partial charge in [0.1, 0.15) is 0 Å². The van der Waals surface area contributed by atoms with Crippen molar-refractivity contribution in [2.24, 2.45) is 5.73 Å². The van der Waals surface area contributed by atoms with Gasteiger partial charge in [0.25, 0.3) is 0 Å². The summed E-state index contributed by atoms with van der Waals surface area (Å²) in [5, 5.41) is 7.09. The van der Waals surface area contributed by atoms with Crippen LogP contribution in [0.4, 0.5) is 13.2 Å². The molecule has 0 aliphatic carbocycles. The van der Waals surface area contributed by atoms with Crippen LogP contribution in [0.15, 0.2) is 29.2 Å². The Morgan fingerprint density at radius 2 is 1.90 bits per heavy atom. The summed E-state index contributed by atoms with van der Waals surface area (Å²) >= 11 is 0. The van der Waals surface area contributed by atoms with Gasteiger partial charge in [-0.15, -0.1) is 0 Å². The lowest BCUT2D eigenvalue weighted by molar-refractivity contribution is -0.139. The van der Waals surface area contributed by atoms with E-state index in [1.165, 1.54) is 13.0 Å². The number of rotatable bonds is 6. The van der Waals surface area contributed by atoms with Gasteiger partial charge < -0.3 is 5.73 Å². The number of hydrogen-bond acceptors (Lipinski definition) is 3. The van der Waals surface area contributed by atoms with Crippen LogP contribution in [0.3, 0.4) is 0 Å². The predicted molar refractivity (Wildman–Crippen MR) is 72.4 cm³/mol. The first-order chi connectivity index (χ1) is 9.60. The molecule has 0 heterocycles. The van der Waals surface area contributed by atoms with E-state index in [0.717, 1.165) is 22.5 Å². The second-order valence-electron chi connectivity index (χ2n) is 4.27. The Labute approximate surface area is 121 Å². The Kier molecular flexibility index (Phi) is 5.35. The molecular weight excluding hydrogens is 307 g/mol. The average molecular weight is 323 g/mol. The summed E-state index contributed by atoms with van der Waals surface area (Å²) in [6.45, 7) is 1.36. The highest BCUT2D eigenvalue weighted by molar-refractivity contribution is 7.89. The zero-order valence-corrected chi connectivity index (χ0v) is 12.1. The first-order valence-corrected chi connectivity index (χ1v) is 7.54. The summed E-state index contributed by atoms with van der Waals surface area (Å²) in [6.07, 6.45) is -4.80. The Morgan fingerprint density at radius 3 is 2.38 bits per heavy atom. The predicted octanol–water partition coefficient (Wildman–Crippen LogP) is 2.04. The lowest BCUT2D eigenvalue weighted by Crippen LogP contribution is -2.34. The maximum absolute atomic E-state index is 12.9. The summed E-state index contributed by atoms with van der Waals surface area (Å²) in [5.74, 6) is -0.229. The van der Waals surface area contributed by atoms with Gasteiger partial charge in [0.05, 0.1) is 16.3 Å². The maximum atomic E-state index is 12.9. The highest BCUT2D eigenvalue weighted by Gasteiger charge is 2.38. The molecule has 3 N–H and O–H groups in total. The molecule has 0 atom stereocenters. The number of hydrogen-bond donors (Lipinski definition) is 2. The normalized spacial score (nSPS) is 12.6. The first-order valence-electron chi connectivity index (χ1n) is 6.10. The van der Waals surface area contributed by atoms with Crippen molar-refractivity contribution in [2.75, 3.05) is 13.1 Å². The minimum absolute atomic E-state index is 0.0121. The van der Waals surface area contributed by atoms with Crippen LogP contribution in [-0.2, 0) is 16.2 Å². The Bertz CT molecular complexity index is 614. The second kappa shape index (κ2) is 6.44. The highest BCUT2D eigenvalue weighted by atomic mass is 32.2. The quantitative estimate of drug-likeness (QED) is 0.620. The molecule has 0 spiro atoms. The average Bonchev–Trinajstić information content (AvgIpc) is 2.38. The molecule has 0 radical (unpaired) electrons. The number of nitrogens with two attached hydrogens (primary N) is 1. The van der Waals surface area contributed by atoms with Gasteiger partial charge in [-0.3, -0.25) is 5.41 Å². The number of amidine groups is 1. The van der Waals surface area contributed by atoms with Crippen LogP contribution in [0.25, 0.3) is 0 Å². The molecule has 0 fully saturated rings. The van der Waals surface area contributed by atoms with Gasteiger partial charge in [-0.2, -0.15) is 17.5 Å². The molecule has 0 bridgehead atoms. The SMILES string of the molecule is CCN(CCC(=N)N)S(=O)(=O)c1ccccc1C(F)(F)F. The molecule has 0 aliphatic rings. The molecule has 0 aliphatic heterocycles. The molecule has 21 heavy (non-hydrogen) atoms. The van der Waals surface area contributed by atoms with Crippen molar-refractivity contribution in [3.8, 4) is 0 Å². The fourth-order valence-electron chi connectivity index (χ4n) is 1.76. The van der Waals surface area contributed by atoms with Crippen molar-refractivity contribution >= 4 is 15.9 Å². The van der Waals surface area contributed by atoms with Gasteiger partial charge in [0.2, 0.25) is 10.0 Å². The fourth-order valence-corrected chi connectivity index (χ4v) is 3.42. The summed E-state index contributed by atoms with van der Waals surface area (Å²) in [5.41, 5.74) is 3.96. The van der Waals surface area contributed by atoms with E-state index >= 15 is 0 Å². The van der Waals surface area contributed by atoms with Gasteiger partial charge in [0.15, 0.2) is 0 Å². The second-order valence-corrected chi connectivity index (χ2v) is 6.17. The van der Waals surface area contributed by atoms with Crippen LogP contribution < -0.4 is 5.73 Å². The van der Waals surface area contributed by atoms with Crippen LogP contribution in [0.5, 0.6) is 0 Å². The van der Waals surface area contributed by atoms with Crippen molar-refractivity contribution in [1.82, 2.24) is 4.31 Å². The van der Waals surface area contributed by atoms with Crippen LogP contribution in [-0.4, -0.2) is 31.6 Å². The Hall–Kier alpha value is -1.61. The van der Waals surface area contributed by atoms with Crippen molar-refractivity contribution in [3.63, 3.8) is 0 Å². The summed E-state index contributed by atoms with van der Waals surface area (Å²) in [4.78, 5) is -0.789. The molecule has 0 unspecified atom stereocenters. The van der Waals surface area contributed by atoms with E-state index in [1.807, 2.05) is 0 Å². The third kappa shape index (κ3) is 4.18. The Morgan fingerprint density at radius 1 is 1.33 bits per heavy atom. The minimum Gasteiger partial charge on any atom is -0.388 e. The molecule has 0 saturated heterocycles. The van der Waals surface area contributed by atoms with E-state index in [2.05, 4.69) is 0 Å². The third-order valence-corrected chi connectivity index (χ3v) is 4.83. The zero-order valence-electron chi connectivity index (χ0n) is 11.3. The third-order valence-electron chi connectivity index (χ3n) is 2.79. The van der Waals surface area contributed by atoms with Crippen LogP contribution in [0.1, 0.15) is 18.9 Å². The van der Waals surface area contributed by atoms with Crippen molar-refractivity contribution in [3.05, 3.63) is 29.8 Å². The lowest BCUT2D eigenvalue weighted by atomic mass is 10.2. The standard InChI is InChI=1S/C12H16F3N3O2S/c1-2-18(8-7-11(16)17)21(19,20)10-6-4-3-5-9(10)12(13,14)15/h3-6H,2,7-8H2,1H3,(H3,16,17). The summed E-state index contributed by atoms with van der Waals surface area (Å²) in [6, 6.07) is 4.02. The molecule has 0 amide bonds. The van der Waals surface area contributed by atoms with E-state index < -0.39 is 26.7 Å². The molecular formula is C12H16F3N3O2S. The van der Waals surface area contributed by atoms with Gasteiger partial charge in [-0.25, -0.2) is 8.42 Å². The lowest BCUT2D eigenvalue weighted by Gasteiger charge is -2.22. The van der Waals surface area contributed by atoms with E-state index in [4.69, 9.17) is 11.1 Å². The largest absolute Gasteiger partial charge is 0.417 e. The molecule has 0 aromatic heterocycles. The Balaban J connectivity index is 3.27. The van der Waals surface area contributed by atoms with E-state index in [9.17, 15) is 21.6 Å². The molecule has 1 aromatic rings. The van der Waals surface area contributed by atoms with E-state index in [-0.39, 0.29) is 25.3 Å². The number of sulfonamides is 1. The van der Waals surface area contributed by atoms with Crippen LogP contribution >= 0.6 is 0 Å². The van der Waals surface area contributed by atoms with E-state index in [0.29, 0.717) is 0 Å². The topological polar surface area (TPSA) is 87.2 Å². The number of benzene rings is 1. The first kappa shape index (κ1) is 17.4. The number of nitrogens with zero attached hydrogens (tertiary/aromatic N) is 1. The smallest absolute Gasteiger partial charge is 0.388 e. The maximum Gasteiger partial charge on any atom is 0.417 e. The van der Waals surface area contributed by atoms with Crippen LogP contribution in [0, 0.1) is 5.41 Å². The fraction of sp³-hybridized carbons (Fsp3) is 0.417. The molecule has 1 aromatic carbocycles.